The molecule has 2 aromatic carbocycles. The maximum Gasteiger partial charge on any atom is 0.265 e. The summed E-state index contributed by atoms with van der Waals surface area (Å²) in [5.41, 5.74) is 3.03. The maximum atomic E-state index is 13.4. The molecule has 1 unspecified atom stereocenters. The quantitative estimate of drug-likeness (QED) is 0.215. The third-order valence-corrected chi connectivity index (χ3v) is 12.0. The van der Waals surface area contributed by atoms with E-state index in [0.717, 1.165) is 29.9 Å². The van der Waals surface area contributed by atoms with Crippen molar-refractivity contribution >= 4 is 64.1 Å². The Labute approximate surface area is 264 Å². The SMILES string of the molecule is CCC(Oc1ccc(C(C)(C)CC)cc1C(C)(C)CC)C(=O)Nc1ccc(Cl)c(NC(=O)CC(=O)C2(C)SCCS2)c1. The summed E-state index contributed by atoms with van der Waals surface area (Å²) in [4.78, 5) is 38.8. The molecule has 6 nitrogen and oxygen atoms in total. The van der Waals surface area contributed by atoms with Crippen molar-refractivity contribution in [2.45, 2.75) is 102 Å². The lowest BCUT2D eigenvalue weighted by Crippen LogP contribution is -2.33. The first-order chi connectivity index (χ1) is 19.7. The van der Waals surface area contributed by atoms with E-state index in [2.05, 4.69) is 64.3 Å². The van der Waals surface area contributed by atoms with Crippen molar-refractivity contribution in [2.75, 3.05) is 22.1 Å². The van der Waals surface area contributed by atoms with Gasteiger partial charge in [0.05, 0.1) is 17.1 Å². The Kier molecular flexibility index (Phi) is 11.5. The molecular weight excluding hydrogens is 588 g/mol. The summed E-state index contributed by atoms with van der Waals surface area (Å²) < 4.78 is 5.80. The van der Waals surface area contributed by atoms with E-state index in [9.17, 15) is 14.4 Å². The number of Topliss-reactive ketones (excluding diaryl/α,β-unsaturated/α-hetero) is 1. The van der Waals surface area contributed by atoms with Gasteiger partial charge in [0.2, 0.25) is 5.91 Å². The molecule has 9 heteroatoms. The Hall–Kier alpha value is -2.16. The summed E-state index contributed by atoms with van der Waals surface area (Å²) in [6.07, 6.45) is 1.43. The van der Waals surface area contributed by atoms with Crippen LogP contribution in [0.25, 0.3) is 0 Å². The fourth-order valence-corrected chi connectivity index (χ4v) is 7.46. The smallest absolute Gasteiger partial charge is 0.265 e. The number of carbonyl (C=O) groups excluding carboxylic acids is 3. The van der Waals surface area contributed by atoms with Gasteiger partial charge in [-0.1, -0.05) is 72.2 Å². The number of nitrogens with one attached hydrogen (secondary N) is 2. The zero-order chi connectivity index (χ0) is 31.3. The highest BCUT2D eigenvalue weighted by atomic mass is 35.5. The van der Waals surface area contributed by atoms with Crippen molar-refractivity contribution in [1.29, 1.82) is 0 Å². The fourth-order valence-electron chi connectivity index (χ4n) is 4.55. The van der Waals surface area contributed by atoms with Gasteiger partial charge in [-0.05, 0) is 66.8 Å². The standard InChI is InChI=1S/C33H45ClN2O4S2/c1-9-26(40-27-15-12-21(31(4,5)10-2)18-23(27)32(6,7)11-3)30(39)35-22-13-14-24(34)25(19-22)36-29(38)20-28(37)33(8)41-16-17-42-33/h12-15,18-19,26H,9-11,16-17,20H2,1-8H3,(H,35,39)(H,36,38). The van der Waals surface area contributed by atoms with Crippen molar-refractivity contribution in [2.24, 2.45) is 0 Å². The first-order valence-corrected chi connectivity index (χ1v) is 17.0. The third-order valence-electron chi connectivity index (χ3n) is 8.36. The summed E-state index contributed by atoms with van der Waals surface area (Å²) in [5, 5.41) is 5.97. The molecule has 1 aliphatic rings. The summed E-state index contributed by atoms with van der Waals surface area (Å²) in [6.45, 7) is 17.0. The molecule has 3 rings (SSSR count). The van der Waals surface area contributed by atoms with Gasteiger partial charge in [0.1, 0.15) is 9.83 Å². The van der Waals surface area contributed by atoms with Gasteiger partial charge in [-0.3, -0.25) is 14.4 Å². The third kappa shape index (κ3) is 8.26. The van der Waals surface area contributed by atoms with Crippen LogP contribution < -0.4 is 15.4 Å². The van der Waals surface area contributed by atoms with Crippen LogP contribution in [0, 0.1) is 0 Å². The van der Waals surface area contributed by atoms with Crippen LogP contribution in [0.4, 0.5) is 11.4 Å². The summed E-state index contributed by atoms with van der Waals surface area (Å²) >= 11 is 9.49. The van der Waals surface area contributed by atoms with E-state index in [1.807, 2.05) is 19.9 Å². The Balaban J connectivity index is 1.75. The molecule has 0 radical (unpaired) electrons. The lowest BCUT2D eigenvalue weighted by Gasteiger charge is -2.31. The number of ketones is 1. The second-order valence-electron chi connectivity index (χ2n) is 12.2. The molecular formula is C33H45ClN2O4S2. The Bertz CT molecular complexity index is 1300. The van der Waals surface area contributed by atoms with Gasteiger partial charge in [-0.15, -0.1) is 23.5 Å². The molecule has 0 aromatic heterocycles. The van der Waals surface area contributed by atoms with E-state index >= 15 is 0 Å². The van der Waals surface area contributed by atoms with E-state index in [1.165, 1.54) is 5.56 Å². The van der Waals surface area contributed by atoms with Gasteiger partial charge < -0.3 is 15.4 Å². The van der Waals surface area contributed by atoms with Crippen molar-refractivity contribution in [1.82, 2.24) is 0 Å². The van der Waals surface area contributed by atoms with Crippen molar-refractivity contribution in [3.8, 4) is 5.75 Å². The van der Waals surface area contributed by atoms with E-state index in [4.69, 9.17) is 16.3 Å². The van der Waals surface area contributed by atoms with Crippen molar-refractivity contribution in [3.63, 3.8) is 0 Å². The number of thioether (sulfide) groups is 2. The van der Waals surface area contributed by atoms with Crippen LogP contribution in [0.3, 0.4) is 0 Å². The van der Waals surface area contributed by atoms with Crippen LogP contribution in [0.15, 0.2) is 36.4 Å². The highest BCUT2D eigenvalue weighted by molar-refractivity contribution is 8.22. The predicted octanol–water partition coefficient (Wildman–Crippen LogP) is 8.61. The molecule has 0 saturated carbocycles. The number of benzene rings is 2. The van der Waals surface area contributed by atoms with Gasteiger partial charge in [0, 0.05) is 22.8 Å². The van der Waals surface area contributed by atoms with Crippen LogP contribution >= 0.6 is 35.1 Å². The molecule has 1 atom stereocenters. The minimum absolute atomic E-state index is 0.0278. The number of halogens is 1. The second-order valence-corrected chi connectivity index (χ2v) is 15.9. The highest BCUT2D eigenvalue weighted by Crippen LogP contribution is 2.45. The molecule has 230 valence electrons. The van der Waals surface area contributed by atoms with E-state index < -0.39 is 16.1 Å². The normalized spacial score (nSPS) is 15.6. The number of carbonyl (C=O) groups is 3. The van der Waals surface area contributed by atoms with E-state index in [0.29, 0.717) is 28.6 Å². The zero-order valence-corrected chi connectivity index (χ0v) is 28.5. The number of hydrogen-bond donors (Lipinski definition) is 2. The number of hydrogen-bond acceptors (Lipinski definition) is 6. The molecule has 1 saturated heterocycles. The molecule has 2 N–H and O–H groups in total. The van der Waals surface area contributed by atoms with Gasteiger partial charge in [-0.2, -0.15) is 0 Å². The average molecular weight is 633 g/mol. The minimum atomic E-state index is -0.727. The summed E-state index contributed by atoms with van der Waals surface area (Å²) in [5.74, 6) is 1.65. The van der Waals surface area contributed by atoms with E-state index in [-0.39, 0.29) is 28.9 Å². The average Bonchev–Trinajstić information content (AvgIpc) is 3.41. The lowest BCUT2D eigenvalue weighted by molar-refractivity contribution is -0.125. The molecule has 1 fully saturated rings. The van der Waals surface area contributed by atoms with Gasteiger partial charge in [-0.25, -0.2) is 0 Å². The minimum Gasteiger partial charge on any atom is -0.480 e. The molecule has 0 spiro atoms. The van der Waals surface area contributed by atoms with Crippen LogP contribution in [0.5, 0.6) is 5.75 Å². The topological polar surface area (TPSA) is 84.5 Å². The Morgan fingerprint density at radius 3 is 2.19 bits per heavy atom. The Morgan fingerprint density at radius 2 is 1.60 bits per heavy atom. The highest BCUT2D eigenvalue weighted by Gasteiger charge is 2.38. The number of rotatable bonds is 13. The van der Waals surface area contributed by atoms with Gasteiger partial charge in [0.25, 0.3) is 5.91 Å². The molecule has 2 amide bonds. The van der Waals surface area contributed by atoms with E-state index in [1.54, 1.807) is 41.7 Å². The van der Waals surface area contributed by atoms with Crippen molar-refractivity contribution < 1.29 is 19.1 Å². The molecule has 1 heterocycles. The zero-order valence-electron chi connectivity index (χ0n) is 26.1. The van der Waals surface area contributed by atoms with Crippen LogP contribution in [0.1, 0.15) is 92.2 Å². The first kappa shape index (κ1) is 34.3. The van der Waals surface area contributed by atoms with Gasteiger partial charge in [0.15, 0.2) is 11.9 Å². The molecule has 1 aliphatic heterocycles. The predicted molar refractivity (Wildman–Crippen MR) is 179 cm³/mol. The number of ether oxygens (including phenoxy) is 1. The number of anilines is 2. The Morgan fingerprint density at radius 1 is 0.952 bits per heavy atom. The summed E-state index contributed by atoms with van der Waals surface area (Å²) in [7, 11) is 0. The first-order valence-electron chi connectivity index (χ1n) is 14.7. The maximum absolute atomic E-state index is 13.4. The second kappa shape index (κ2) is 14.1. The lowest BCUT2D eigenvalue weighted by atomic mass is 9.76. The van der Waals surface area contributed by atoms with Gasteiger partial charge >= 0.3 is 0 Å². The monoisotopic (exact) mass is 632 g/mol. The van der Waals surface area contributed by atoms with Crippen LogP contribution in [-0.2, 0) is 25.2 Å². The van der Waals surface area contributed by atoms with Crippen LogP contribution in [0.2, 0.25) is 5.02 Å². The molecule has 42 heavy (non-hydrogen) atoms. The van der Waals surface area contributed by atoms with Crippen LogP contribution in [-0.4, -0.2) is 39.3 Å². The molecule has 0 bridgehead atoms. The molecule has 0 aliphatic carbocycles. The largest absolute Gasteiger partial charge is 0.480 e. The number of amides is 2. The van der Waals surface area contributed by atoms with Crippen molar-refractivity contribution in [3.05, 3.63) is 52.5 Å². The summed E-state index contributed by atoms with van der Waals surface area (Å²) in [6, 6.07) is 11.2. The fraction of sp³-hybridized carbons (Fsp3) is 0.545. The molecule has 2 aromatic rings.